The van der Waals surface area contributed by atoms with Gasteiger partial charge in [-0.15, -0.1) is 56.7 Å². The molecule has 0 spiro atoms. The van der Waals surface area contributed by atoms with Crippen LogP contribution in [0, 0.1) is 0 Å². The maximum absolute atomic E-state index is 6.58. The first-order chi connectivity index (χ1) is 61.0. The molecule has 576 valence electrons. The lowest BCUT2D eigenvalue weighted by molar-refractivity contribution is 0.673. The number of hydrogen-bond acceptors (Lipinski definition) is 6. The molecule has 0 radical (unpaired) electrons. The van der Waals surface area contributed by atoms with E-state index in [9.17, 15) is 0 Å². The van der Waals surface area contributed by atoms with E-state index in [1.165, 1.54) is 201 Å². The van der Waals surface area contributed by atoms with E-state index in [0.29, 0.717) is 0 Å². The zero-order valence-corrected chi connectivity index (χ0v) is 70.2. The number of hydrogen-bond donors (Lipinski definition) is 0. The van der Waals surface area contributed by atoms with Gasteiger partial charge >= 0.3 is 0 Å². The summed E-state index contributed by atoms with van der Waals surface area (Å²) in [5.41, 5.74) is 27.7. The Bertz CT molecular complexity index is 8850. The van der Waals surface area contributed by atoms with Crippen LogP contribution in [0.15, 0.2) is 423 Å². The van der Waals surface area contributed by atoms with Crippen molar-refractivity contribution in [3.05, 3.63) is 419 Å². The monoisotopic (exact) mass is 1660 g/mol. The van der Waals surface area contributed by atoms with E-state index >= 15 is 0 Å². The average molecular weight is 1660 g/mol. The maximum atomic E-state index is 6.58. The maximum Gasteiger partial charge on any atom is 0.161 e. The minimum Gasteiger partial charge on any atom is -0.454 e. The summed E-state index contributed by atoms with van der Waals surface area (Å²) < 4.78 is 27.2. The molecule has 0 N–H and O–H groups in total. The lowest BCUT2D eigenvalue weighted by Crippen LogP contribution is -1.93. The van der Waals surface area contributed by atoms with Crippen LogP contribution >= 0.6 is 56.7 Å². The van der Waals surface area contributed by atoms with Gasteiger partial charge in [-0.2, -0.15) is 0 Å². The van der Waals surface area contributed by atoms with Gasteiger partial charge in [-0.25, -0.2) is 0 Å². The largest absolute Gasteiger partial charge is 0.454 e. The van der Waals surface area contributed by atoms with Gasteiger partial charge in [-0.3, -0.25) is 0 Å². The molecule has 27 rings (SSSR count). The second-order valence-corrected chi connectivity index (χ2v) is 36.8. The van der Waals surface area contributed by atoms with Gasteiger partial charge in [0.1, 0.15) is 11.1 Å². The second kappa shape index (κ2) is 29.1. The van der Waals surface area contributed by atoms with Gasteiger partial charge in [-0.05, 0) is 164 Å². The van der Waals surface area contributed by atoms with Crippen molar-refractivity contribution in [2.24, 2.45) is 0 Å². The molecule has 0 aliphatic rings. The standard InChI is InChI=1S/C38H23NOS.2C38H23NS2/c1-2-10-26(11-3-1)39-31-16-6-4-12-29(31)38-37(39)36-28(14-8-17-32(36)40-38)25-22-20-24(21-23-25)27-15-9-19-34-35(27)30-13-5-7-18-33(30)41-34;1-2-10-26(11-3-1)39-33-18-6-4-13-31(33)38-35(39)32-17-9-15-28(37(32)41-38)25-22-20-24(21-23-25)27-14-8-16-30-29-12-5-7-19-34(29)40-36(27)30;1-2-9-27(10-3-1)39-33-15-6-4-12-31(33)38-36(39)32-14-8-13-28(37(32)41-38)25-19-17-24(18-20-25)26-21-22-30-29-11-5-7-16-34(29)40-35(30)23-26/h3*1-23H. The highest BCUT2D eigenvalue weighted by atomic mass is 32.1. The Morgan fingerprint density at radius 1 is 0.179 bits per heavy atom. The lowest BCUT2D eigenvalue weighted by Gasteiger charge is -2.10. The zero-order valence-electron chi connectivity index (χ0n) is 66.1. The normalized spacial score (nSPS) is 11.9. The van der Waals surface area contributed by atoms with Crippen LogP contribution < -0.4 is 0 Å². The number of furan rings is 1. The number of para-hydroxylation sites is 6. The predicted molar refractivity (Wildman–Crippen MR) is 534 cm³/mol. The molecule has 0 bridgehead atoms. The second-order valence-electron chi connectivity index (χ2n) is 31.5. The van der Waals surface area contributed by atoms with Crippen LogP contribution in [0.4, 0.5) is 0 Å². The molecule has 18 aromatic carbocycles. The van der Waals surface area contributed by atoms with Crippen molar-refractivity contribution >= 4 is 213 Å². The Labute approximate surface area is 727 Å². The Balaban J connectivity index is 0.000000101. The van der Waals surface area contributed by atoms with Gasteiger partial charge in [0.25, 0.3) is 0 Å². The predicted octanol–water partition coefficient (Wildman–Crippen LogP) is 34.6. The van der Waals surface area contributed by atoms with Crippen molar-refractivity contribution < 1.29 is 4.42 Å². The van der Waals surface area contributed by atoms with Crippen LogP contribution in [0.5, 0.6) is 0 Å². The highest BCUT2D eigenvalue weighted by molar-refractivity contribution is 7.28. The summed E-state index contributed by atoms with van der Waals surface area (Å²) in [7, 11) is 0. The zero-order chi connectivity index (χ0) is 80.7. The third-order valence-electron chi connectivity index (χ3n) is 24.7. The summed E-state index contributed by atoms with van der Waals surface area (Å²) >= 11 is 9.45. The van der Waals surface area contributed by atoms with Crippen molar-refractivity contribution in [1.82, 2.24) is 13.7 Å². The Hall–Kier alpha value is -14.5. The van der Waals surface area contributed by atoms with Crippen molar-refractivity contribution in [3.63, 3.8) is 0 Å². The number of rotatable bonds is 9. The molecule has 0 saturated carbocycles. The van der Waals surface area contributed by atoms with Crippen molar-refractivity contribution in [3.8, 4) is 83.8 Å². The number of aromatic nitrogens is 3. The molecular weight excluding hydrogens is 1590 g/mol. The highest BCUT2D eigenvalue weighted by Gasteiger charge is 2.26. The number of benzene rings is 18. The third-order valence-corrected chi connectivity index (χ3v) is 30.7. The molecule has 123 heavy (non-hydrogen) atoms. The topological polar surface area (TPSA) is 27.9 Å². The molecule has 9 heterocycles. The molecular formula is C114H69N3OS5. The van der Waals surface area contributed by atoms with Gasteiger partial charge in [0, 0.05) is 114 Å². The molecule has 0 amide bonds. The first-order valence-electron chi connectivity index (χ1n) is 41.6. The smallest absolute Gasteiger partial charge is 0.161 e. The van der Waals surface area contributed by atoms with E-state index in [1.807, 2.05) is 56.7 Å². The van der Waals surface area contributed by atoms with Crippen molar-refractivity contribution in [2.75, 3.05) is 0 Å². The molecule has 0 atom stereocenters. The fraction of sp³-hybridized carbons (Fsp3) is 0. The number of fused-ring (bicyclic) bond motifs is 24. The van der Waals surface area contributed by atoms with Crippen molar-refractivity contribution in [2.45, 2.75) is 0 Å². The summed E-state index contributed by atoms with van der Waals surface area (Å²) in [5.74, 6) is 0. The summed E-state index contributed by atoms with van der Waals surface area (Å²) in [6.45, 7) is 0. The average Bonchev–Trinajstić information content (AvgIpc) is 1.56. The fourth-order valence-corrected chi connectivity index (χ4v) is 25.3. The minimum atomic E-state index is 0.904. The lowest BCUT2D eigenvalue weighted by atomic mass is 9.96. The van der Waals surface area contributed by atoms with Gasteiger partial charge in [0.05, 0.1) is 42.4 Å². The van der Waals surface area contributed by atoms with E-state index < -0.39 is 0 Å². The Morgan fingerprint density at radius 2 is 0.512 bits per heavy atom. The molecule has 0 fully saturated rings. The molecule has 0 aliphatic carbocycles. The minimum absolute atomic E-state index is 0.904. The van der Waals surface area contributed by atoms with Crippen LogP contribution in [0.25, 0.3) is 240 Å². The van der Waals surface area contributed by atoms with E-state index in [4.69, 9.17) is 4.42 Å². The summed E-state index contributed by atoms with van der Waals surface area (Å²) in [6.07, 6.45) is 0. The van der Waals surface area contributed by atoms with Crippen molar-refractivity contribution in [1.29, 1.82) is 0 Å². The van der Waals surface area contributed by atoms with E-state index in [1.54, 1.807) is 0 Å². The van der Waals surface area contributed by atoms with Gasteiger partial charge in [-0.1, -0.05) is 322 Å². The summed E-state index contributed by atoms with van der Waals surface area (Å²) in [6, 6.07) is 152. The molecule has 27 aromatic rings. The molecule has 0 unspecified atom stereocenters. The summed E-state index contributed by atoms with van der Waals surface area (Å²) in [4.78, 5) is 0. The van der Waals surface area contributed by atoms with Gasteiger partial charge in [0.2, 0.25) is 0 Å². The first kappa shape index (κ1) is 71.4. The fourth-order valence-electron chi connectivity index (χ4n) is 19.1. The van der Waals surface area contributed by atoms with Crippen LogP contribution in [0.3, 0.4) is 0 Å². The SMILES string of the molecule is c1ccc(-n2c3ccccc3c3oc4cccc(-c5ccc(-c6cccc7sc8ccccc8c67)cc5)c4c32)cc1.c1ccc(-n2c3ccccc3c3sc4c(-c5ccc(-c6ccc7c(c6)sc6ccccc67)cc5)cccc4c32)cc1.c1ccc(-n2c3ccccc3c3sc4c(-c5ccc(-c6cccc7c6sc6ccccc67)cc5)cccc4c32)cc1. The first-order valence-corrected chi connectivity index (χ1v) is 45.7. The molecule has 9 aromatic heterocycles. The third kappa shape index (κ3) is 11.6. The number of thiophene rings is 5. The summed E-state index contributed by atoms with van der Waals surface area (Å²) in [5, 5.41) is 15.5. The quantitative estimate of drug-likeness (QED) is 0.142. The van der Waals surface area contributed by atoms with Gasteiger partial charge < -0.3 is 18.1 Å². The van der Waals surface area contributed by atoms with Crippen LogP contribution in [-0.2, 0) is 0 Å². The van der Waals surface area contributed by atoms with Gasteiger partial charge in [0.15, 0.2) is 5.58 Å². The molecule has 0 saturated heterocycles. The van der Waals surface area contributed by atoms with E-state index in [-0.39, 0.29) is 0 Å². The molecule has 9 heteroatoms. The molecule has 0 aliphatic heterocycles. The number of nitrogens with zero attached hydrogens (tertiary/aromatic N) is 3. The Kier molecular flexibility index (Phi) is 16.9. The molecule has 4 nitrogen and oxygen atoms in total. The van der Waals surface area contributed by atoms with Crippen LogP contribution in [-0.4, -0.2) is 13.7 Å². The van der Waals surface area contributed by atoms with E-state index in [2.05, 4.69) is 432 Å². The highest BCUT2D eigenvalue weighted by Crippen LogP contribution is 2.51. The van der Waals surface area contributed by atoms with E-state index in [0.717, 1.165) is 38.7 Å². The Morgan fingerprint density at radius 3 is 1.04 bits per heavy atom. The van der Waals surface area contributed by atoms with Crippen LogP contribution in [0.1, 0.15) is 0 Å². The van der Waals surface area contributed by atoms with Crippen LogP contribution in [0.2, 0.25) is 0 Å².